The SMILES string of the molecule is CC/C=C\C/C=C\C/C=C\C/C=C\C/C=C\CCCCCC(=O)OCC(COC(=O)CCCCCCCCC/C=C\C/C=C\CCCCCC)OC(=O)CCCCCCCCCCC/C=C\CCCCCCCC. The molecule has 0 fully saturated rings. The zero-order valence-corrected chi connectivity index (χ0v) is 48.6. The van der Waals surface area contributed by atoms with Crippen molar-refractivity contribution in [3.05, 3.63) is 97.2 Å². The molecule has 0 saturated heterocycles. The summed E-state index contributed by atoms with van der Waals surface area (Å²) in [6.45, 7) is 6.49. The van der Waals surface area contributed by atoms with E-state index in [0.717, 1.165) is 109 Å². The molecule has 0 amide bonds. The number of ether oxygens (including phenoxy) is 3. The summed E-state index contributed by atoms with van der Waals surface area (Å²) in [6.07, 6.45) is 82.6. The van der Waals surface area contributed by atoms with Crippen LogP contribution in [0.15, 0.2) is 97.2 Å². The second-order valence-corrected chi connectivity index (χ2v) is 20.6. The van der Waals surface area contributed by atoms with E-state index < -0.39 is 6.10 Å². The van der Waals surface area contributed by atoms with Gasteiger partial charge in [-0.05, 0) is 122 Å². The lowest BCUT2D eigenvalue weighted by Crippen LogP contribution is -2.30. The van der Waals surface area contributed by atoms with Crippen LogP contribution in [-0.4, -0.2) is 37.2 Å². The van der Waals surface area contributed by atoms with Crippen molar-refractivity contribution in [1.29, 1.82) is 0 Å². The minimum atomic E-state index is -0.798. The maximum Gasteiger partial charge on any atom is 0.306 e. The Balaban J connectivity index is 4.46. The maximum atomic E-state index is 12.9. The Morgan fingerprint density at radius 3 is 0.865 bits per heavy atom. The van der Waals surface area contributed by atoms with Gasteiger partial charge in [-0.2, -0.15) is 0 Å². The lowest BCUT2D eigenvalue weighted by atomic mass is 10.1. The Morgan fingerprint density at radius 2 is 0.527 bits per heavy atom. The van der Waals surface area contributed by atoms with Crippen LogP contribution < -0.4 is 0 Å². The van der Waals surface area contributed by atoms with Gasteiger partial charge in [-0.25, -0.2) is 0 Å². The number of carbonyl (C=O) groups excluding carboxylic acids is 3. The van der Waals surface area contributed by atoms with E-state index in [1.165, 1.54) is 148 Å². The van der Waals surface area contributed by atoms with E-state index in [-0.39, 0.29) is 31.1 Å². The smallest absolute Gasteiger partial charge is 0.306 e. The van der Waals surface area contributed by atoms with Gasteiger partial charge in [0.15, 0.2) is 6.10 Å². The highest BCUT2D eigenvalue weighted by Gasteiger charge is 2.19. The second-order valence-electron chi connectivity index (χ2n) is 20.6. The molecule has 74 heavy (non-hydrogen) atoms. The molecule has 0 aliphatic carbocycles. The van der Waals surface area contributed by atoms with Crippen molar-refractivity contribution in [2.24, 2.45) is 0 Å². The zero-order valence-electron chi connectivity index (χ0n) is 48.6. The fraction of sp³-hybridized carbons (Fsp3) is 0.721. The number of unbranched alkanes of at least 4 members (excludes halogenated alkanes) is 29. The molecule has 0 heterocycles. The van der Waals surface area contributed by atoms with Gasteiger partial charge in [-0.3, -0.25) is 14.4 Å². The summed E-state index contributed by atoms with van der Waals surface area (Å²) in [5, 5.41) is 0. The normalized spacial score (nSPS) is 12.7. The highest BCUT2D eigenvalue weighted by atomic mass is 16.6. The third-order valence-corrected chi connectivity index (χ3v) is 13.3. The molecule has 0 rings (SSSR count). The Labute approximate surface area is 457 Å². The van der Waals surface area contributed by atoms with Gasteiger partial charge in [-0.1, -0.05) is 253 Å². The quantitative estimate of drug-likeness (QED) is 0.0261. The van der Waals surface area contributed by atoms with Crippen LogP contribution >= 0.6 is 0 Å². The van der Waals surface area contributed by atoms with E-state index in [0.29, 0.717) is 19.3 Å². The lowest BCUT2D eigenvalue weighted by Gasteiger charge is -2.18. The molecule has 424 valence electrons. The first-order valence-electron chi connectivity index (χ1n) is 31.2. The molecule has 6 nitrogen and oxygen atoms in total. The average Bonchev–Trinajstić information content (AvgIpc) is 3.40. The van der Waals surface area contributed by atoms with E-state index in [1.54, 1.807) is 0 Å². The molecule has 0 aromatic carbocycles. The highest BCUT2D eigenvalue weighted by Crippen LogP contribution is 2.15. The van der Waals surface area contributed by atoms with E-state index >= 15 is 0 Å². The second kappa shape index (κ2) is 61.9. The number of esters is 3. The molecule has 0 N–H and O–H groups in total. The van der Waals surface area contributed by atoms with Crippen molar-refractivity contribution in [2.45, 2.75) is 303 Å². The molecule has 1 unspecified atom stereocenters. The molecule has 0 aliphatic rings. The van der Waals surface area contributed by atoms with Gasteiger partial charge >= 0.3 is 17.9 Å². The number of hydrogen-bond donors (Lipinski definition) is 0. The van der Waals surface area contributed by atoms with Crippen LogP contribution in [-0.2, 0) is 28.6 Å². The first-order valence-corrected chi connectivity index (χ1v) is 31.2. The molecule has 1 atom stereocenters. The van der Waals surface area contributed by atoms with Crippen molar-refractivity contribution >= 4 is 17.9 Å². The molecular weight excluding hydrogens is 913 g/mol. The van der Waals surface area contributed by atoms with Gasteiger partial charge in [0, 0.05) is 19.3 Å². The van der Waals surface area contributed by atoms with Crippen LogP contribution in [0.3, 0.4) is 0 Å². The Hall–Kier alpha value is -3.67. The monoisotopic (exact) mass is 1030 g/mol. The lowest BCUT2D eigenvalue weighted by molar-refractivity contribution is -0.167. The summed E-state index contributed by atoms with van der Waals surface area (Å²) in [4.78, 5) is 38.3. The van der Waals surface area contributed by atoms with Crippen LogP contribution in [0.25, 0.3) is 0 Å². The van der Waals surface area contributed by atoms with Gasteiger partial charge in [0.2, 0.25) is 0 Å². The fourth-order valence-electron chi connectivity index (χ4n) is 8.61. The fourth-order valence-corrected chi connectivity index (χ4v) is 8.61. The van der Waals surface area contributed by atoms with Crippen molar-refractivity contribution < 1.29 is 28.6 Å². The van der Waals surface area contributed by atoms with Crippen molar-refractivity contribution in [2.75, 3.05) is 13.2 Å². The summed E-state index contributed by atoms with van der Waals surface area (Å²) < 4.78 is 16.9. The van der Waals surface area contributed by atoms with Gasteiger partial charge in [0.1, 0.15) is 13.2 Å². The highest BCUT2D eigenvalue weighted by molar-refractivity contribution is 5.71. The summed E-state index contributed by atoms with van der Waals surface area (Å²) >= 11 is 0. The minimum Gasteiger partial charge on any atom is -0.462 e. The minimum absolute atomic E-state index is 0.0929. The van der Waals surface area contributed by atoms with Crippen LogP contribution in [0.2, 0.25) is 0 Å². The predicted molar refractivity (Wildman–Crippen MR) is 320 cm³/mol. The standard InChI is InChI=1S/C68H116O6/c1-4-7-10-13-16-19-22-25-28-31-34-37-40-43-46-49-52-55-58-61-67(70)73-64-65(63-72-66(69)60-57-54-51-48-45-42-39-36-33-30-27-24-21-18-15-12-9-6-3)74-68(71)62-59-56-53-50-47-44-41-38-35-32-29-26-23-20-17-14-11-8-5-2/h7,10,16,19,21,24-26,28-30,33-34,37,43,46,65H,4-6,8-9,11-15,17-18,20,22-23,27,31-32,35-36,38-42,44-45,47-64H2,1-3H3/b10-7-,19-16-,24-21-,28-25-,29-26-,33-30-,37-34-,46-43-. The topological polar surface area (TPSA) is 78.9 Å². The summed E-state index contributed by atoms with van der Waals surface area (Å²) in [5.41, 5.74) is 0. The van der Waals surface area contributed by atoms with Gasteiger partial charge in [0.25, 0.3) is 0 Å². The maximum absolute atomic E-state index is 12.9. The van der Waals surface area contributed by atoms with Crippen molar-refractivity contribution in [1.82, 2.24) is 0 Å². The molecule has 0 aromatic rings. The molecule has 0 aromatic heterocycles. The largest absolute Gasteiger partial charge is 0.462 e. The van der Waals surface area contributed by atoms with E-state index in [9.17, 15) is 14.4 Å². The summed E-state index contributed by atoms with van der Waals surface area (Å²) in [7, 11) is 0. The molecule has 0 bridgehead atoms. The number of hydrogen-bond acceptors (Lipinski definition) is 6. The van der Waals surface area contributed by atoms with Crippen LogP contribution in [0.1, 0.15) is 297 Å². The zero-order chi connectivity index (χ0) is 53.6. The average molecular weight is 1030 g/mol. The summed E-state index contributed by atoms with van der Waals surface area (Å²) in [5.74, 6) is -0.927. The Kier molecular flexibility index (Phi) is 58.8. The first kappa shape index (κ1) is 70.3. The van der Waals surface area contributed by atoms with Crippen molar-refractivity contribution in [3.8, 4) is 0 Å². The molecule has 0 aliphatic heterocycles. The number of rotatable bonds is 56. The van der Waals surface area contributed by atoms with E-state index in [4.69, 9.17) is 14.2 Å². The van der Waals surface area contributed by atoms with Gasteiger partial charge in [-0.15, -0.1) is 0 Å². The number of allylic oxidation sites excluding steroid dienone is 16. The third-order valence-electron chi connectivity index (χ3n) is 13.3. The van der Waals surface area contributed by atoms with Gasteiger partial charge < -0.3 is 14.2 Å². The molecular formula is C68H116O6. The van der Waals surface area contributed by atoms with E-state index in [1.807, 2.05) is 0 Å². The molecule has 0 radical (unpaired) electrons. The van der Waals surface area contributed by atoms with Gasteiger partial charge in [0.05, 0.1) is 0 Å². The van der Waals surface area contributed by atoms with E-state index in [2.05, 4.69) is 118 Å². The van der Waals surface area contributed by atoms with Crippen LogP contribution in [0.5, 0.6) is 0 Å². The summed E-state index contributed by atoms with van der Waals surface area (Å²) in [6, 6.07) is 0. The number of carbonyl (C=O) groups is 3. The molecule has 6 heteroatoms. The Morgan fingerprint density at radius 1 is 0.284 bits per heavy atom. The Bertz CT molecular complexity index is 1460. The third kappa shape index (κ3) is 59.2. The van der Waals surface area contributed by atoms with Crippen LogP contribution in [0.4, 0.5) is 0 Å². The first-order chi connectivity index (χ1) is 36.5. The molecule has 0 spiro atoms. The predicted octanol–water partition coefficient (Wildman–Crippen LogP) is 21.3. The van der Waals surface area contributed by atoms with Crippen LogP contribution in [0, 0.1) is 0 Å². The molecule has 0 saturated carbocycles. The van der Waals surface area contributed by atoms with Crippen molar-refractivity contribution in [3.63, 3.8) is 0 Å².